The third-order valence-electron chi connectivity index (χ3n) is 2.59. The molecule has 0 radical (unpaired) electrons. The third-order valence-corrected chi connectivity index (χ3v) is 3.24. The monoisotopic (exact) mass is 283 g/mol. The molecule has 0 aliphatic rings. The van der Waals surface area contributed by atoms with E-state index in [0.29, 0.717) is 0 Å². The molecule has 0 saturated heterocycles. The molecule has 2 rings (SSSR count). The van der Waals surface area contributed by atoms with E-state index in [9.17, 15) is 0 Å². The lowest BCUT2D eigenvalue weighted by Gasteiger charge is -2.15. The summed E-state index contributed by atoms with van der Waals surface area (Å²) in [5, 5.41) is 3.25. The zero-order chi connectivity index (χ0) is 11.5. The van der Waals surface area contributed by atoms with Gasteiger partial charge >= 0.3 is 0 Å². The second kappa shape index (κ2) is 4.84. The molecule has 86 valence electrons. The van der Waals surface area contributed by atoms with Gasteiger partial charge in [-0.05, 0) is 36.0 Å². The van der Waals surface area contributed by atoms with Crippen molar-refractivity contribution >= 4 is 15.9 Å². The summed E-state index contributed by atoms with van der Waals surface area (Å²) in [6.07, 6.45) is 5.47. The number of halogens is 1. The molecule has 0 aromatic carbocycles. The molecule has 1 N–H and O–H groups in total. The maximum Gasteiger partial charge on any atom is 0.174 e. The Kier molecular flexibility index (Phi) is 3.46. The van der Waals surface area contributed by atoms with Gasteiger partial charge in [-0.1, -0.05) is 0 Å². The van der Waals surface area contributed by atoms with Crippen LogP contribution in [0.4, 0.5) is 0 Å². The minimum Gasteiger partial charge on any atom is -0.457 e. The zero-order valence-corrected chi connectivity index (χ0v) is 10.9. The summed E-state index contributed by atoms with van der Waals surface area (Å²) in [5.41, 5.74) is 1.06. The molecule has 1 unspecified atom stereocenters. The minimum atomic E-state index is 0.0445. The average molecular weight is 284 g/mol. The molecule has 0 aliphatic heterocycles. The minimum absolute atomic E-state index is 0.0445. The molecule has 2 aromatic rings. The number of rotatable bonds is 4. The van der Waals surface area contributed by atoms with Crippen molar-refractivity contribution in [2.45, 2.75) is 19.5 Å². The molecule has 0 saturated carbocycles. The Morgan fingerprint density at radius 3 is 3.00 bits per heavy atom. The largest absolute Gasteiger partial charge is 0.457 e. The number of furan rings is 1. The van der Waals surface area contributed by atoms with Crippen LogP contribution in [0.2, 0.25) is 0 Å². The molecular formula is C11H14BrN3O. The summed E-state index contributed by atoms with van der Waals surface area (Å²) in [7, 11) is 1.92. The Morgan fingerprint density at radius 2 is 2.44 bits per heavy atom. The van der Waals surface area contributed by atoms with Crippen molar-refractivity contribution in [3.8, 4) is 0 Å². The van der Waals surface area contributed by atoms with Crippen molar-refractivity contribution in [3.63, 3.8) is 0 Å². The Balaban J connectivity index is 2.40. The molecule has 0 bridgehead atoms. The van der Waals surface area contributed by atoms with Gasteiger partial charge in [0.1, 0.15) is 5.82 Å². The maximum absolute atomic E-state index is 5.26. The number of hydrogen-bond acceptors (Lipinski definition) is 3. The lowest BCUT2D eigenvalue weighted by Crippen LogP contribution is -2.21. The van der Waals surface area contributed by atoms with E-state index in [2.05, 4.69) is 37.7 Å². The second-order valence-corrected chi connectivity index (χ2v) is 4.16. The van der Waals surface area contributed by atoms with Gasteiger partial charge in [-0.3, -0.25) is 0 Å². The van der Waals surface area contributed by atoms with Crippen LogP contribution in [0.3, 0.4) is 0 Å². The lowest BCUT2D eigenvalue weighted by atomic mass is 10.1. The molecular weight excluding hydrogens is 270 g/mol. The first-order valence-corrected chi connectivity index (χ1v) is 5.98. The van der Waals surface area contributed by atoms with Crippen LogP contribution in [-0.4, -0.2) is 16.6 Å². The topological polar surface area (TPSA) is 43.0 Å². The number of nitrogens with one attached hydrogen (secondary N) is 1. The second-order valence-electron chi connectivity index (χ2n) is 3.44. The summed E-state index contributed by atoms with van der Waals surface area (Å²) >= 11 is 3.40. The van der Waals surface area contributed by atoms with E-state index in [0.717, 1.165) is 22.6 Å². The fourth-order valence-electron chi connectivity index (χ4n) is 1.78. The SMILES string of the molecule is CCn1ccnc1C(NC)c1ccoc1Br. The number of aromatic nitrogens is 2. The standard InChI is InChI=1S/C11H14BrN3O/c1-3-15-6-5-14-11(15)9(13-2)8-4-7-16-10(8)12/h4-7,9,13H,3H2,1-2H3. The highest BCUT2D eigenvalue weighted by atomic mass is 79.9. The molecule has 5 heteroatoms. The number of aryl methyl sites for hydroxylation is 1. The van der Waals surface area contributed by atoms with Crippen LogP contribution >= 0.6 is 15.9 Å². The van der Waals surface area contributed by atoms with Gasteiger partial charge in [0.05, 0.1) is 12.3 Å². The summed E-state index contributed by atoms with van der Waals surface area (Å²) in [5.74, 6) is 0.993. The van der Waals surface area contributed by atoms with Gasteiger partial charge in [-0.2, -0.15) is 0 Å². The summed E-state index contributed by atoms with van der Waals surface area (Å²) in [6, 6.07) is 1.99. The van der Waals surface area contributed by atoms with Crippen molar-refractivity contribution in [2.75, 3.05) is 7.05 Å². The Labute approximate surface area is 103 Å². The number of nitrogens with zero attached hydrogens (tertiary/aromatic N) is 2. The van der Waals surface area contributed by atoms with E-state index in [-0.39, 0.29) is 6.04 Å². The molecule has 1 atom stereocenters. The maximum atomic E-state index is 5.26. The third kappa shape index (κ3) is 1.92. The number of imidazole rings is 1. The summed E-state index contributed by atoms with van der Waals surface area (Å²) in [6.45, 7) is 3.01. The van der Waals surface area contributed by atoms with E-state index in [1.54, 1.807) is 6.26 Å². The summed E-state index contributed by atoms with van der Waals surface area (Å²) in [4.78, 5) is 4.39. The Bertz CT molecular complexity index is 463. The lowest BCUT2D eigenvalue weighted by molar-refractivity contribution is 0.522. The molecule has 0 aliphatic carbocycles. The van der Waals surface area contributed by atoms with E-state index >= 15 is 0 Å². The van der Waals surface area contributed by atoms with Gasteiger partial charge in [-0.25, -0.2) is 4.98 Å². The van der Waals surface area contributed by atoms with Crippen LogP contribution in [0.15, 0.2) is 33.8 Å². The molecule has 2 aromatic heterocycles. The molecule has 16 heavy (non-hydrogen) atoms. The van der Waals surface area contributed by atoms with Gasteiger partial charge in [0, 0.05) is 24.5 Å². The van der Waals surface area contributed by atoms with Gasteiger partial charge in [0.25, 0.3) is 0 Å². The highest BCUT2D eigenvalue weighted by Gasteiger charge is 2.20. The molecule has 4 nitrogen and oxygen atoms in total. The van der Waals surface area contributed by atoms with Crippen LogP contribution < -0.4 is 5.32 Å². The van der Waals surface area contributed by atoms with E-state index in [1.165, 1.54) is 0 Å². The van der Waals surface area contributed by atoms with Crippen LogP contribution in [0.25, 0.3) is 0 Å². The fourth-order valence-corrected chi connectivity index (χ4v) is 2.25. The van der Waals surface area contributed by atoms with Crippen LogP contribution in [0.5, 0.6) is 0 Å². The average Bonchev–Trinajstić information content (AvgIpc) is 2.90. The van der Waals surface area contributed by atoms with Crippen molar-refractivity contribution in [3.05, 3.63) is 40.8 Å². The quantitative estimate of drug-likeness (QED) is 0.938. The van der Waals surface area contributed by atoms with E-state index < -0.39 is 0 Å². The molecule has 2 heterocycles. The highest BCUT2D eigenvalue weighted by molar-refractivity contribution is 9.10. The first-order valence-electron chi connectivity index (χ1n) is 5.19. The molecule has 0 amide bonds. The van der Waals surface area contributed by atoms with Crippen molar-refractivity contribution < 1.29 is 4.42 Å². The van der Waals surface area contributed by atoms with Gasteiger partial charge in [-0.15, -0.1) is 0 Å². The van der Waals surface area contributed by atoms with Gasteiger partial charge in [0.15, 0.2) is 4.67 Å². The van der Waals surface area contributed by atoms with Crippen molar-refractivity contribution in [2.24, 2.45) is 0 Å². The first kappa shape index (κ1) is 11.4. The number of hydrogen-bond donors (Lipinski definition) is 1. The van der Waals surface area contributed by atoms with Crippen LogP contribution in [0, 0.1) is 0 Å². The van der Waals surface area contributed by atoms with E-state index in [1.807, 2.05) is 25.5 Å². The fraction of sp³-hybridized carbons (Fsp3) is 0.364. The smallest absolute Gasteiger partial charge is 0.174 e. The van der Waals surface area contributed by atoms with Gasteiger partial charge < -0.3 is 14.3 Å². The predicted molar refractivity (Wildman–Crippen MR) is 65.2 cm³/mol. The normalized spacial score (nSPS) is 12.9. The molecule has 0 spiro atoms. The highest BCUT2D eigenvalue weighted by Crippen LogP contribution is 2.28. The Morgan fingerprint density at radius 1 is 1.62 bits per heavy atom. The zero-order valence-electron chi connectivity index (χ0n) is 9.27. The Hall–Kier alpha value is -1.07. The van der Waals surface area contributed by atoms with Crippen LogP contribution in [-0.2, 0) is 6.54 Å². The molecule has 0 fully saturated rings. The van der Waals surface area contributed by atoms with E-state index in [4.69, 9.17) is 4.42 Å². The first-order chi connectivity index (χ1) is 7.77. The summed E-state index contributed by atoms with van der Waals surface area (Å²) < 4.78 is 8.12. The van der Waals surface area contributed by atoms with Crippen LogP contribution in [0.1, 0.15) is 24.4 Å². The predicted octanol–water partition coefficient (Wildman–Crippen LogP) is 2.57. The van der Waals surface area contributed by atoms with Gasteiger partial charge in [0.2, 0.25) is 0 Å². The van der Waals surface area contributed by atoms with Crippen molar-refractivity contribution in [1.29, 1.82) is 0 Å². The van der Waals surface area contributed by atoms with Crippen molar-refractivity contribution in [1.82, 2.24) is 14.9 Å².